The number of aliphatic carboxylic acids is 1. The maximum atomic E-state index is 12.7. The summed E-state index contributed by atoms with van der Waals surface area (Å²) in [5.41, 5.74) is -0.423. The topological polar surface area (TPSA) is 119 Å². The van der Waals surface area contributed by atoms with Crippen molar-refractivity contribution in [3.05, 3.63) is 52.3 Å². The predicted molar refractivity (Wildman–Crippen MR) is 86.5 cm³/mol. The summed E-state index contributed by atoms with van der Waals surface area (Å²) in [4.78, 5) is 35.7. The van der Waals surface area contributed by atoms with E-state index >= 15 is 0 Å². The van der Waals surface area contributed by atoms with E-state index in [0.717, 1.165) is 0 Å². The second-order valence-corrected chi connectivity index (χ2v) is 6.09. The molecule has 1 atom stereocenters. The van der Waals surface area contributed by atoms with Crippen molar-refractivity contribution in [2.24, 2.45) is 0 Å². The summed E-state index contributed by atoms with van der Waals surface area (Å²) in [5, 5.41) is 24.2. The van der Waals surface area contributed by atoms with Crippen molar-refractivity contribution in [3.8, 4) is 5.69 Å². The minimum absolute atomic E-state index is 0.0403. The largest absolute Gasteiger partial charge is 0.480 e. The normalized spacial score (nSPS) is 19.8. The van der Waals surface area contributed by atoms with Crippen molar-refractivity contribution in [1.82, 2.24) is 14.7 Å². The Morgan fingerprint density at radius 1 is 1.32 bits per heavy atom. The molecule has 1 amide bonds. The number of hydrogen-bond donors (Lipinski definition) is 1. The number of benzene rings is 1. The first kappa shape index (κ1) is 16.6. The number of carboxylic acids is 1. The van der Waals surface area contributed by atoms with E-state index in [1.807, 2.05) is 0 Å². The summed E-state index contributed by atoms with van der Waals surface area (Å²) in [6.45, 7) is 1.92. The Labute approximate surface area is 142 Å². The van der Waals surface area contributed by atoms with Crippen LogP contribution in [-0.4, -0.2) is 48.7 Å². The van der Waals surface area contributed by atoms with Gasteiger partial charge in [0.05, 0.1) is 22.4 Å². The number of carbonyl (C=O) groups is 2. The van der Waals surface area contributed by atoms with Gasteiger partial charge in [-0.15, -0.1) is 0 Å². The van der Waals surface area contributed by atoms with E-state index in [4.69, 9.17) is 0 Å². The molecule has 0 bridgehead atoms. The molecule has 1 unspecified atom stereocenters. The first-order valence-electron chi connectivity index (χ1n) is 7.68. The van der Waals surface area contributed by atoms with Gasteiger partial charge in [0, 0.05) is 24.9 Å². The number of nitro benzene ring substituents is 1. The van der Waals surface area contributed by atoms with Crippen LogP contribution in [0.1, 0.15) is 30.1 Å². The van der Waals surface area contributed by atoms with Crippen molar-refractivity contribution < 1.29 is 19.6 Å². The Kier molecular flexibility index (Phi) is 3.99. The van der Waals surface area contributed by atoms with Crippen molar-refractivity contribution in [2.75, 3.05) is 6.54 Å². The summed E-state index contributed by atoms with van der Waals surface area (Å²) in [7, 11) is 0. The Hall–Kier alpha value is -3.23. The molecule has 25 heavy (non-hydrogen) atoms. The van der Waals surface area contributed by atoms with E-state index in [2.05, 4.69) is 5.10 Å². The van der Waals surface area contributed by atoms with Crippen LogP contribution in [0, 0.1) is 10.1 Å². The number of nitro groups is 1. The Morgan fingerprint density at radius 2 is 2.00 bits per heavy atom. The van der Waals surface area contributed by atoms with Gasteiger partial charge in [0.2, 0.25) is 0 Å². The monoisotopic (exact) mass is 344 g/mol. The highest BCUT2D eigenvalue weighted by Gasteiger charge is 2.46. The lowest BCUT2D eigenvalue weighted by atomic mass is 9.99. The van der Waals surface area contributed by atoms with Crippen LogP contribution in [0.2, 0.25) is 0 Å². The van der Waals surface area contributed by atoms with Gasteiger partial charge < -0.3 is 10.0 Å². The SMILES string of the molecule is CC1(C(=O)O)CCCN1C(=O)c1cnn(-c2ccc([N+](=O)[O-])cc2)c1. The molecule has 1 aromatic heterocycles. The molecule has 1 N–H and O–H groups in total. The summed E-state index contributed by atoms with van der Waals surface area (Å²) in [6, 6.07) is 5.74. The number of carboxylic acid groups (broad SMARTS) is 1. The number of nitrogens with zero attached hydrogens (tertiary/aromatic N) is 4. The van der Waals surface area contributed by atoms with Crippen LogP contribution in [0.5, 0.6) is 0 Å². The van der Waals surface area contributed by atoms with E-state index in [1.54, 1.807) is 6.92 Å². The Morgan fingerprint density at radius 3 is 2.60 bits per heavy atom. The zero-order chi connectivity index (χ0) is 18.2. The third kappa shape index (κ3) is 2.84. The molecule has 1 aliphatic heterocycles. The van der Waals surface area contributed by atoms with Crippen LogP contribution < -0.4 is 0 Å². The quantitative estimate of drug-likeness (QED) is 0.668. The van der Waals surface area contributed by atoms with Crippen molar-refractivity contribution in [2.45, 2.75) is 25.3 Å². The van der Waals surface area contributed by atoms with Crippen LogP contribution in [0.4, 0.5) is 5.69 Å². The predicted octanol–water partition coefficient (Wildman–Crippen LogP) is 1.86. The lowest BCUT2D eigenvalue weighted by Gasteiger charge is -2.30. The third-order valence-corrected chi connectivity index (χ3v) is 4.50. The highest BCUT2D eigenvalue weighted by molar-refractivity contribution is 5.97. The average Bonchev–Trinajstić information content (AvgIpc) is 3.22. The van der Waals surface area contributed by atoms with Gasteiger partial charge in [-0.2, -0.15) is 5.10 Å². The van der Waals surface area contributed by atoms with E-state index < -0.39 is 22.3 Å². The number of non-ortho nitro benzene ring substituents is 1. The number of likely N-dealkylation sites (tertiary alicyclic amines) is 1. The maximum Gasteiger partial charge on any atom is 0.329 e. The van der Waals surface area contributed by atoms with Crippen LogP contribution in [0.3, 0.4) is 0 Å². The van der Waals surface area contributed by atoms with Crippen LogP contribution in [0.25, 0.3) is 5.69 Å². The maximum absolute atomic E-state index is 12.7. The molecule has 1 aromatic carbocycles. The smallest absolute Gasteiger partial charge is 0.329 e. The lowest BCUT2D eigenvalue weighted by molar-refractivity contribution is -0.384. The molecule has 1 saturated heterocycles. The van der Waals surface area contributed by atoms with Gasteiger partial charge in [-0.3, -0.25) is 14.9 Å². The fraction of sp³-hybridized carbons (Fsp3) is 0.312. The summed E-state index contributed by atoms with van der Waals surface area (Å²) in [5.74, 6) is -1.42. The molecule has 1 aliphatic rings. The summed E-state index contributed by atoms with van der Waals surface area (Å²) < 4.78 is 1.42. The molecule has 0 aliphatic carbocycles. The fourth-order valence-corrected chi connectivity index (χ4v) is 2.97. The molecule has 2 aromatic rings. The molecule has 0 saturated carbocycles. The highest BCUT2D eigenvalue weighted by Crippen LogP contribution is 2.30. The molecular formula is C16H16N4O5. The molecule has 2 heterocycles. The van der Waals surface area contributed by atoms with Gasteiger partial charge in [-0.1, -0.05) is 0 Å². The second-order valence-electron chi connectivity index (χ2n) is 6.09. The van der Waals surface area contributed by atoms with Gasteiger partial charge in [-0.25, -0.2) is 9.48 Å². The molecular weight excluding hydrogens is 328 g/mol. The second kappa shape index (κ2) is 6.00. The number of aromatic nitrogens is 2. The number of rotatable bonds is 4. The molecule has 3 rings (SSSR count). The van der Waals surface area contributed by atoms with E-state index in [-0.39, 0.29) is 11.3 Å². The van der Waals surface area contributed by atoms with Crippen molar-refractivity contribution in [1.29, 1.82) is 0 Å². The van der Waals surface area contributed by atoms with Gasteiger partial charge in [0.15, 0.2) is 0 Å². The Bertz CT molecular complexity index is 844. The van der Waals surface area contributed by atoms with E-state index in [9.17, 15) is 24.8 Å². The molecule has 1 fully saturated rings. The Balaban J connectivity index is 1.85. The summed E-state index contributed by atoms with van der Waals surface area (Å²) in [6.07, 6.45) is 3.89. The molecule has 0 radical (unpaired) electrons. The number of carbonyl (C=O) groups excluding carboxylic acids is 1. The van der Waals surface area contributed by atoms with E-state index in [1.165, 1.54) is 46.2 Å². The van der Waals surface area contributed by atoms with Crippen molar-refractivity contribution in [3.63, 3.8) is 0 Å². The molecule has 0 spiro atoms. The van der Waals surface area contributed by atoms with Crippen molar-refractivity contribution >= 4 is 17.6 Å². The van der Waals surface area contributed by atoms with Crippen LogP contribution >= 0.6 is 0 Å². The highest BCUT2D eigenvalue weighted by atomic mass is 16.6. The first-order chi connectivity index (χ1) is 11.8. The zero-order valence-electron chi connectivity index (χ0n) is 13.5. The van der Waals surface area contributed by atoms with Gasteiger partial charge in [0.1, 0.15) is 5.54 Å². The average molecular weight is 344 g/mol. The van der Waals surface area contributed by atoms with Crippen LogP contribution in [0.15, 0.2) is 36.7 Å². The molecule has 130 valence electrons. The zero-order valence-corrected chi connectivity index (χ0v) is 13.5. The number of amides is 1. The minimum Gasteiger partial charge on any atom is -0.480 e. The van der Waals surface area contributed by atoms with E-state index in [0.29, 0.717) is 25.1 Å². The van der Waals surface area contributed by atoms with Crippen LogP contribution in [-0.2, 0) is 4.79 Å². The third-order valence-electron chi connectivity index (χ3n) is 4.50. The minimum atomic E-state index is -1.22. The lowest BCUT2D eigenvalue weighted by Crippen LogP contribution is -2.50. The first-order valence-corrected chi connectivity index (χ1v) is 7.68. The molecule has 9 nitrogen and oxygen atoms in total. The number of hydrogen-bond acceptors (Lipinski definition) is 5. The fourth-order valence-electron chi connectivity index (χ4n) is 2.97. The van der Waals surface area contributed by atoms with Gasteiger partial charge in [0.25, 0.3) is 11.6 Å². The molecule has 9 heteroatoms. The summed E-state index contributed by atoms with van der Waals surface area (Å²) >= 11 is 0. The standard InChI is InChI=1S/C16H16N4O5/c1-16(15(22)23)7-2-8-18(16)14(21)11-9-17-19(10-11)12-3-5-13(6-4-12)20(24)25/h3-6,9-10H,2,7-8H2,1H3,(H,22,23). The van der Waals surface area contributed by atoms with Gasteiger partial charge >= 0.3 is 5.97 Å². The van der Waals surface area contributed by atoms with Gasteiger partial charge in [-0.05, 0) is 31.9 Å².